The number of aromatic nitrogens is 3. The predicted octanol–water partition coefficient (Wildman–Crippen LogP) is 0.732. The standard InChI is InChI=1S/C8H8FN3O/c9-3-7(13)6-4-10-8-1-2-11-12(8)5-6/h1-2,4-5,7,13H,3H2. The maximum atomic E-state index is 12.1. The third-order valence-electron chi connectivity index (χ3n) is 1.80. The van der Waals surface area contributed by atoms with Crippen LogP contribution in [0.25, 0.3) is 5.65 Å². The average Bonchev–Trinajstić information content (AvgIpc) is 2.63. The van der Waals surface area contributed by atoms with Crippen molar-refractivity contribution in [1.82, 2.24) is 14.6 Å². The summed E-state index contributed by atoms with van der Waals surface area (Å²) in [6.45, 7) is -0.811. The van der Waals surface area contributed by atoms with Crippen LogP contribution in [0.15, 0.2) is 24.7 Å². The monoisotopic (exact) mass is 181 g/mol. The molecule has 0 saturated heterocycles. The van der Waals surface area contributed by atoms with Crippen LogP contribution in [-0.2, 0) is 0 Å². The molecule has 0 aromatic carbocycles. The maximum Gasteiger partial charge on any atom is 0.154 e. The Kier molecular flexibility index (Phi) is 1.94. The van der Waals surface area contributed by atoms with Crippen LogP contribution in [0.3, 0.4) is 0 Å². The molecule has 0 aliphatic heterocycles. The molecular formula is C8H8FN3O. The highest BCUT2D eigenvalue weighted by Crippen LogP contribution is 2.11. The van der Waals surface area contributed by atoms with Crippen molar-refractivity contribution in [2.24, 2.45) is 0 Å². The summed E-state index contributed by atoms with van der Waals surface area (Å²) in [6, 6.07) is 1.73. The fourth-order valence-electron chi connectivity index (χ4n) is 1.09. The Labute approximate surface area is 73.6 Å². The van der Waals surface area contributed by atoms with E-state index >= 15 is 0 Å². The first kappa shape index (κ1) is 8.12. The third-order valence-corrected chi connectivity index (χ3v) is 1.80. The molecule has 2 aromatic rings. The SMILES string of the molecule is OC(CF)c1cnc2ccnn2c1. The molecule has 2 aromatic heterocycles. The maximum absolute atomic E-state index is 12.1. The lowest BCUT2D eigenvalue weighted by atomic mass is 10.2. The Hall–Kier alpha value is -1.49. The van der Waals surface area contributed by atoms with Crippen LogP contribution in [0, 0.1) is 0 Å². The molecular weight excluding hydrogens is 173 g/mol. The molecule has 4 nitrogen and oxygen atoms in total. The van der Waals surface area contributed by atoms with E-state index in [2.05, 4.69) is 10.1 Å². The smallest absolute Gasteiger partial charge is 0.154 e. The van der Waals surface area contributed by atoms with Crippen molar-refractivity contribution < 1.29 is 9.50 Å². The molecule has 5 heteroatoms. The third kappa shape index (κ3) is 1.38. The minimum absolute atomic E-state index is 0.429. The lowest BCUT2D eigenvalue weighted by Gasteiger charge is -2.04. The van der Waals surface area contributed by atoms with Crippen molar-refractivity contribution in [3.63, 3.8) is 0 Å². The molecule has 0 saturated carbocycles. The zero-order valence-electron chi connectivity index (χ0n) is 6.76. The number of aliphatic hydroxyl groups excluding tert-OH is 1. The quantitative estimate of drug-likeness (QED) is 0.743. The van der Waals surface area contributed by atoms with Gasteiger partial charge in [-0.05, 0) is 0 Å². The minimum atomic E-state index is -1.11. The summed E-state index contributed by atoms with van der Waals surface area (Å²) in [7, 11) is 0. The molecule has 1 atom stereocenters. The molecule has 0 amide bonds. The van der Waals surface area contributed by atoms with Gasteiger partial charge in [0.2, 0.25) is 0 Å². The van der Waals surface area contributed by atoms with E-state index in [-0.39, 0.29) is 0 Å². The highest BCUT2D eigenvalue weighted by Gasteiger charge is 2.07. The van der Waals surface area contributed by atoms with E-state index < -0.39 is 12.8 Å². The van der Waals surface area contributed by atoms with Gasteiger partial charge >= 0.3 is 0 Å². The summed E-state index contributed by atoms with van der Waals surface area (Å²) in [5.41, 5.74) is 1.11. The fourth-order valence-corrected chi connectivity index (χ4v) is 1.09. The Morgan fingerprint density at radius 1 is 1.62 bits per heavy atom. The van der Waals surface area contributed by atoms with Crippen LogP contribution in [0.1, 0.15) is 11.7 Å². The number of rotatable bonds is 2. The molecule has 0 radical (unpaired) electrons. The van der Waals surface area contributed by atoms with Crippen LogP contribution < -0.4 is 0 Å². The molecule has 0 aliphatic rings. The van der Waals surface area contributed by atoms with Gasteiger partial charge in [-0.25, -0.2) is 13.9 Å². The van der Waals surface area contributed by atoms with Gasteiger partial charge in [0.15, 0.2) is 5.65 Å². The van der Waals surface area contributed by atoms with Gasteiger partial charge in [-0.2, -0.15) is 5.10 Å². The van der Waals surface area contributed by atoms with E-state index in [0.717, 1.165) is 0 Å². The molecule has 13 heavy (non-hydrogen) atoms. The average molecular weight is 181 g/mol. The first-order valence-electron chi connectivity index (χ1n) is 3.84. The lowest BCUT2D eigenvalue weighted by molar-refractivity contribution is 0.141. The molecule has 2 rings (SSSR count). The molecule has 68 valence electrons. The topological polar surface area (TPSA) is 50.4 Å². The summed E-state index contributed by atoms with van der Waals surface area (Å²) in [5, 5.41) is 13.1. The zero-order valence-corrected chi connectivity index (χ0v) is 6.76. The number of nitrogens with zero attached hydrogens (tertiary/aromatic N) is 3. The summed E-state index contributed by atoms with van der Waals surface area (Å²) >= 11 is 0. The molecule has 0 fully saturated rings. The molecule has 0 bridgehead atoms. The molecule has 1 N–H and O–H groups in total. The van der Waals surface area contributed by atoms with E-state index in [1.807, 2.05) is 0 Å². The summed E-state index contributed by atoms with van der Waals surface area (Å²) < 4.78 is 13.6. The Morgan fingerprint density at radius 2 is 2.46 bits per heavy atom. The van der Waals surface area contributed by atoms with Crippen LogP contribution >= 0.6 is 0 Å². The number of fused-ring (bicyclic) bond motifs is 1. The van der Waals surface area contributed by atoms with E-state index in [4.69, 9.17) is 0 Å². The van der Waals surface area contributed by atoms with Crippen molar-refractivity contribution in [1.29, 1.82) is 0 Å². The van der Waals surface area contributed by atoms with Crippen molar-refractivity contribution in [3.8, 4) is 0 Å². The van der Waals surface area contributed by atoms with Crippen LogP contribution in [0.5, 0.6) is 0 Å². The molecule has 0 aliphatic carbocycles. The lowest BCUT2D eigenvalue weighted by Crippen LogP contribution is -2.02. The van der Waals surface area contributed by atoms with E-state index in [1.165, 1.54) is 10.7 Å². The van der Waals surface area contributed by atoms with Gasteiger partial charge in [0.1, 0.15) is 12.8 Å². The summed E-state index contributed by atoms with van der Waals surface area (Å²) in [5.74, 6) is 0. The van der Waals surface area contributed by atoms with Crippen molar-refractivity contribution in [2.75, 3.05) is 6.67 Å². The molecule has 2 heterocycles. The number of aliphatic hydroxyl groups is 1. The largest absolute Gasteiger partial charge is 0.386 e. The highest BCUT2D eigenvalue weighted by atomic mass is 19.1. The van der Waals surface area contributed by atoms with E-state index in [0.29, 0.717) is 11.2 Å². The van der Waals surface area contributed by atoms with Gasteiger partial charge in [0.25, 0.3) is 0 Å². The normalized spacial score (nSPS) is 13.4. The van der Waals surface area contributed by atoms with Crippen LogP contribution in [0.2, 0.25) is 0 Å². The first-order chi connectivity index (χ1) is 6.31. The number of alkyl halides is 1. The fraction of sp³-hybridized carbons (Fsp3) is 0.250. The minimum Gasteiger partial charge on any atom is -0.386 e. The van der Waals surface area contributed by atoms with Gasteiger partial charge in [-0.1, -0.05) is 0 Å². The van der Waals surface area contributed by atoms with Crippen molar-refractivity contribution in [3.05, 3.63) is 30.2 Å². The van der Waals surface area contributed by atoms with Gasteiger partial charge in [0, 0.05) is 24.0 Å². The second-order valence-electron chi connectivity index (χ2n) is 2.69. The van der Waals surface area contributed by atoms with Gasteiger partial charge in [-0.15, -0.1) is 0 Å². The van der Waals surface area contributed by atoms with Gasteiger partial charge in [0.05, 0.1) is 6.20 Å². The second kappa shape index (κ2) is 3.10. The number of halogens is 1. The first-order valence-corrected chi connectivity index (χ1v) is 3.84. The summed E-state index contributed by atoms with van der Waals surface area (Å²) in [6.07, 6.45) is 3.49. The Morgan fingerprint density at radius 3 is 3.23 bits per heavy atom. The van der Waals surface area contributed by atoms with Crippen LogP contribution in [-0.4, -0.2) is 26.4 Å². The number of hydrogen-bond donors (Lipinski definition) is 1. The number of hydrogen-bond acceptors (Lipinski definition) is 3. The molecule has 0 spiro atoms. The Bertz CT molecular complexity index is 414. The van der Waals surface area contributed by atoms with Crippen molar-refractivity contribution >= 4 is 5.65 Å². The molecule has 1 unspecified atom stereocenters. The van der Waals surface area contributed by atoms with E-state index in [9.17, 15) is 9.50 Å². The zero-order chi connectivity index (χ0) is 9.26. The Balaban J connectivity index is 2.48. The van der Waals surface area contributed by atoms with Gasteiger partial charge in [-0.3, -0.25) is 0 Å². The second-order valence-corrected chi connectivity index (χ2v) is 2.69. The van der Waals surface area contributed by atoms with Crippen molar-refractivity contribution in [2.45, 2.75) is 6.10 Å². The predicted molar refractivity (Wildman–Crippen MR) is 43.9 cm³/mol. The summed E-state index contributed by atoms with van der Waals surface area (Å²) in [4.78, 5) is 3.98. The van der Waals surface area contributed by atoms with Crippen LogP contribution in [0.4, 0.5) is 4.39 Å². The highest BCUT2D eigenvalue weighted by molar-refractivity contribution is 5.36. The van der Waals surface area contributed by atoms with Gasteiger partial charge < -0.3 is 5.11 Å². The van der Waals surface area contributed by atoms with E-state index in [1.54, 1.807) is 18.5 Å².